The molecule has 0 saturated carbocycles. The number of rotatable bonds is 6. The van der Waals surface area contributed by atoms with Crippen molar-refractivity contribution in [3.8, 4) is 0 Å². The summed E-state index contributed by atoms with van der Waals surface area (Å²) in [7, 11) is -4.00. The van der Waals surface area contributed by atoms with Gasteiger partial charge in [-0.25, -0.2) is 8.42 Å². The van der Waals surface area contributed by atoms with E-state index >= 15 is 0 Å². The van der Waals surface area contributed by atoms with Crippen LogP contribution in [0.5, 0.6) is 0 Å². The molecule has 1 aromatic rings. The van der Waals surface area contributed by atoms with E-state index in [0.29, 0.717) is 23.3 Å². The molecule has 1 N–H and O–H groups in total. The maximum absolute atomic E-state index is 12.8. The summed E-state index contributed by atoms with van der Waals surface area (Å²) in [6.45, 7) is 1.48. The average Bonchev–Trinajstić information content (AvgIpc) is 2.41. The molecule has 1 rings (SSSR count). The van der Waals surface area contributed by atoms with Crippen molar-refractivity contribution in [2.45, 2.75) is 19.5 Å². The van der Waals surface area contributed by atoms with Gasteiger partial charge >= 0.3 is 6.18 Å². The van der Waals surface area contributed by atoms with Gasteiger partial charge in [0, 0.05) is 6.54 Å². The Kier molecular flexibility index (Phi) is 6.29. The van der Waals surface area contributed by atoms with Gasteiger partial charge in [0.1, 0.15) is 6.54 Å². The number of benzene rings is 1. The largest absolute Gasteiger partial charge is 0.416 e. The van der Waals surface area contributed by atoms with Crippen LogP contribution in [0.4, 0.5) is 18.9 Å². The highest BCUT2D eigenvalue weighted by molar-refractivity contribution is 7.92. The SMILES string of the molecule is CCCNC(=O)CN(c1cc(C(F)(F)F)ccc1Cl)S(C)(=O)=O. The van der Waals surface area contributed by atoms with Gasteiger partial charge < -0.3 is 5.32 Å². The summed E-state index contributed by atoms with van der Waals surface area (Å²) in [6, 6.07) is 2.29. The number of halogens is 4. The highest BCUT2D eigenvalue weighted by Gasteiger charge is 2.33. The van der Waals surface area contributed by atoms with E-state index in [9.17, 15) is 26.4 Å². The van der Waals surface area contributed by atoms with Crippen molar-refractivity contribution < 1.29 is 26.4 Å². The Morgan fingerprint density at radius 3 is 2.43 bits per heavy atom. The van der Waals surface area contributed by atoms with E-state index < -0.39 is 39.9 Å². The normalized spacial score (nSPS) is 12.1. The molecule has 0 aliphatic rings. The quantitative estimate of drug-likeness (QED) is 0.834. The standard InChI is InChI=1S/C13H16ClF3N2O3S/c1-3-6-18-12(20)8-19(23(2,21)22)11-7-9(13(15,16)17)4-5-10(11)14/h4-5,7H,3,6,8H2,1-2H3,(H,18,20). The van der Waals surface area contributed by atoms with Crippen LogP contribution in [-0.4, -0.2) is 33.7 Å². The van der Waals surface area contributed by atoms with Crippen LogP contribution in [0.2, 0.25) is 5.02 Å². The average molecular weight is 373 g/mol. The number of hydrogen-bond donors (Lipinski definition) is 1. The number of carbonyl (C=O) groups excluding carboxylic acids is 1. The molecule has 1 aromatic carbocycles. The molecule has 0 spiro atoms. The lowest BCUT2D eigenvalue weighted by atomic mass is 10.2. The van der Waals surface area contributed by atoms with E-state index in [0.717, 1.165) is 18.4 Å². The van der Waals surface area contributed by atoms with Crippen LogP contribution in [0.15, 0.2) is 18.2 Å². The molecule has 0 heterocycles. The van der Waals surface area contributed by atoms with Crippen molar-refractivity contribution in [1.82, 2.24) is 5.32 Å². The number of anilines is 1. The predicted octanol–water partition coefficient (Wildman–Crippen LogP) is 2.65. The number of alkyl halides is 3. The zero-order valence-corrected chi connectivity index (χ0v) is 14.0. The smallest absolute Gasteiger partial charge is 0.355 e. The zero-order chi connectivity index (χ0) is 17.8. The fraction of sp³-hybridized carbons (Fsp3) is 0.462. The summed E-state index contributed by atoms with van der Waals surface area (Å²) >= 11 is 5.83. The molecular weight excluding hydrogens is 357 g/mol. The highest BCUT2D eigenvalue weighted by Crippen LogP contribution is 2.36. The fourth-order valence-electron chi connectivity index (χ4n) is 1.71. The van der Waals surface area contributed by atoms with Gasteiger partial charge in [-0.05, 0) is 24.6 Å². The van der Waals surface area contributed by atoms with E-state index in [1.165, 1.54) is 0 Å². The maximum Gasteiger partial charge on any atom is 0.416 e. The summed E-state index contributed by atoms with van der Waals surface area (Å²) in [6.07, 6.45) is -3.24. The van der Waals surface area contributed by atoms with Crippen LogP contribution < -0.4 is 9.62 Å². The van der Waals surface area contributed by atoms with E-state index in [4.69, 9.17) is 11.6 Å². The number of sulfonamides is 1. The molecule has 0 aliphatic heterocycles. The van der Waals surface area contributed by atoms with Crippen molar-refractivity contribution in [2.75, 3.05) is 23.7 Å². The number of carbonyl (C=O) groups is 1. The number of amides is 1. The van der Waals surface area contributed by atoms with Gasteiger partial charge in [-0.2, -0.15) is 13.2 Å². The second-order valence-corrected chi connectivity index (χ2v) is 7.10. The first-order chi connectivity index (χ1) is 10.5. The van der Waals surface area contributed by atoms with Crippen LogP contribution in [0.25, 0.3) is 0 Å². The molecule has 0 atom stereocenters. The van der Waals surface area contributed by atoms with Crippen LogP contribution in [0, 0.1) is 0 Å². The molecule has 0 bridgehead atoms. The lowest BCUT2D eigenvalue weighted by Gasteiger charge is -2.23. The third-order valence-electron chi connectivity index (χ3n) is 2.80. The molecule has 130 valence electrons. The topological polar surface area (TPSA) is 66.5 Å². The molecule has 1 amide bonds. The summed E-state index contributed by atoms with van der Waals surface area (Å²) < 4.78 is 62.7. The summed E-state index contributed by atoms with van der Waals surface area (Å²) in [5.74, 6) is -0.634. The number of hydrogen-bond acceptors (Lipinski definition) is 3. The van der Waals surface area contributed by atoms with Gasteiger partial charge in [0.25, 0.3) is 0 Å². The first kappa shape index (κ1) is 19.6. The van der Waals surface area contributed by atoms with Gasteiger partial charge in [-0.1, -0.05) is 18.5 Å². The van der Waals surface area contributed by atoms with Crippen LogP contribution in [0.3, 0.4) is 0 Å². The second kappa shape index (κ2) is 7.39. The Morgan fingerprint density at radius 2 is 1.96 bits per heavy atom. The first-order valence-electron chi connectivity index (χ1n) is 6.58. The third kappa shape index (κ3) is 5.58. The van der Waals surface area contributed by atoms with Gasteiger partial charge in [0.15, 0.2) is 0 Å². The minimum absolute atomic E-state index is 0.202. The highest BCUT2D eigenvalue weighted by atomic mass is 35.5. The van der Waals surface area contributed by atoms with Gasteiger partial charge in [0.2, 0.25) is 15.9 Å². The molecule has 0 fully saturated rings. The lowest BCUT2D eigenvalue weighted by Crippen LogP contribution is -2.40. The molecule has 0 unspecified atom stereocenters. The molecule has 0 saturated heterocycles. The van der Waals surface area contributed by atoms with E-state index in [1.807, 2.05) is 0 Å². The Bertz CT molecular complexity index is 678. The van der Waals surface area contributed by atoms with Crippen molar-refractivity contribution in [1.29, 1.82) is 0 Å². The molecule has 0 radical (unpaired) electrons. The minimum atomic E-state index is -4.66. The molecule has 23 heavy (non-hydrogen) atoms. The van der Waals surface area contributed by atoms with E-state index in [-0.39, 0.29) is 5.02 Å². The summed E-state index contributed by atoms with van der Waals surface area (Å²) in [5, 5.41) is 2.26. The Labute approximate surface area is 137 Å². The van der Waals surface area contributed by atoms with Crippen molar-refractivity contribution in [3.05, 3.63) is 28.8 Å². The molecule has 0 aromatic heterocycles. The molecule has 5 nitrogen and oxygen atoms in total. The van der Waals surface area contributed by atoms with Gasteiger partial charge in [-0.3, -0.25) is 9.10 Å². The summed E-state index contributed by atoms with van der Waals surface area (Å²) in [5.41, 5.74) is -1.45. The first-order valence-corrected chi connectivity index (χ1v) is 8.80. The Hall–Kier alpha value is -1.48. The molecule has 10 heteroatoms. The number of nitrogens with one attached hydrogen (secondary N) is 1. The predicted molar refractivity (Wildman–Crippen MR) is 81.9 cm³/mol. The number of nitrogens with zero attached hydrogens (tertiary/aromatic N) is 1. The second-order valence-electron chi connectivity index (χ2n) is 4.78. The minimum Gasteiger partial charge on any atom is -0.355 e. The maximum atomic E-state index is 12.8. The van der Waals surface area contributed by atoms with E-state index in [1.54, 1.807) is 6.92 Å². The molecular formula is C13H16ClF3N2O3S. The molecule has 0 aliphatic carbocycles. The third-order valence-corrected chi connectivity index (χ3v) is 4.25. The van der Waals surface area contributed by atoms with Crippen molar-refractivity contribution >= 4 is 33.2 Å². The zero-order valence-electron chi connectivity index (χ0n) is 12.4. The van der Waals surface area contributed by atoms with E-state index in [2.05, 4.69) is 5.32 Å². The monoisotopic (exact) mass is 372 g/mol. The Balaban J connectivity index is 3.26. The van der Waals surface area contributed by atoms with Crippen LogP contribution >= 0.6 is 11.6 Å². The van der Waals surface area contributed by atoms with Gasteiger partial charge in [0.05, 0.1) is 22.5 Å². The van der Waals surface area contributed by atoms with Crippen LogP contribution in [0.1, 0.15) is 18.9 Å². The summed E-state index contributed by atoms with van der Waals surface area (Å²) in [4.78, 5) is 11.7. The lowest BCUT2D eigenvalue weighted by molar-refractivity contribution is -0.137. The van der Waals surface area contributed by atoms with Crippen LogP contribution in [-0.2, 0) is 21.0 Å². The van der Waals surface area contributed by atoms with Crippen molar-refractivity contribution in [3.63, 3.8) is 0 Å². The van der Waals surface area contributed by atoms with Crippen molar-refractivity contribution in [2.24, 2.45) is 0 Å². The fourth-order valence-corrected chi connectivity index (χ4v) is 2.84. The Morgan fingerprint density at radius 1 is 1.35 bits per heavy atom. The van der Waals surface area contributed by atoms with Gasteiger partial charge in [-0.15, -0.1) is 0 Å².